The molecule has 3 aromatic heterocycles. The van der Waals surface area contributed by atoms with Gasteiger partial charge in [0, 0.05) is 29.4 Å². The number of aromatic amines is 2. The van der Waals surface area contributed by atoms with E-state index >= 15 is 4.39 Å². The van der Waals surface area contributed by atoms with Crippen molar-refractivity contribution in [1.82, 2.24) is 19.9 Å². The molecule has 0 fully saturated rings. The van der Waals surface area contributed by atoms with Gasteiger partial charge < -0.3 is 19.8 Å². The second-order valence-corrected chi connectivity index (χ2v) is 7.57. The third-order valence-electron chi connectivity index (χ3n) is 5.68. The van der Waals surface area contributed by atoms with E-state index in [1.54, 1.807) is 36.7 Å². The van der Waals surface area contributed by atoms with Crippen molar-refractivity contribution in [2.24, 2.45) is 0 Å². The molecule has 4 heterocycles. The van der Waals surface area contributed by atoms with Gasteiger partial charge in [-0.2, -0.15) is 0 Å². The summed E-state index contributed by atoms with van der Waals surface area (Å²) in [6, 6.07) is 12.1. The van der Waals surface area contributed by atoms with Gasteiger partial charge in [-0.05, 0) is 53.9 Å². The van der Waals surface area contributed by atoms with Crippen molar-refractivity contribution in [3.8, 4) is 22.6 Å². The van der Waals surface area contributed by atoms with E-state index in [1.165, 1.54) is 6.07 Å². The fourth-order valence-electron chi connectivity index (χ4n) is 4.20. The number of rotatable bonds is 2. The zero-order valence-electron chi connectivity index (χ0n) is 15.8. The summed E-state index contributed by atoms with van der Waals surface area (Å²) in [4.78, 5) is 15.3. The van der Waals surface area contributed by atoms with Crippen LogP contribution in [0.15, 0.2) is 54.9 Å². The van der Waals surface area contributed by atoms with E-state index in [9.17, 15) is 5.11 Å². The number of ether oxygens (including phenoxy) is 1. The summed E-state index contributed by atoms with van der Waals surface area (Å²) < 4.78 is 20.8. The monoisotopic (exact) mass is 400 g/mol. The molecule has 0 amide bonds. The van der Waals surface area contributed by atoms with Crippen LogP contribution in [0.1, 0.15) is 17.3 Å². The lowest BCUT2D eigenvalue weighted by Gasteiger charge is -2.24. The highest BCUT2D eigenvalue weighted by molar-refractivity contribution is 5.95. The number of pyridine rings is 1. The van der Waals surface area contributed by atoms with Crippen LogP contribution in [0, 0.1) is 5.82 Å². The Bertz CT molecular complexity index is 1420. The molecule has 0 radical (unpaired) electrons. The van der Waals surface area contributed by atoms with E-state index < -0.39 is 0 Å². The smallest absolute Gasteiger partial charge is 0.137 e. The maximum Gasteiger partial charge on any atom is 0.137 e. The Balaban J connectivity index is 1.41. The van der Waals surface area contributed by atoms with Gasteiger partial charge in [-0.1, -0.05) is 0 Å². The van der Waals surface area contributed by atoms with Gasteiger partial charge >= 0.3 is 0 Å². The Morgan fingerprint density at radius 1 is 1.10 bits per heavy atom. The number of phenols is 1. The standard InChI is InChI=1S/C23H17FN4O2/c24-18-10-20-19(9-17(18)15-3-5-25-23-16(15)4-6-26-23)27-22(28-20)13-7-12-8-14(29)1-2-21(12)30-11-13/h1-6,8-10,13,29H,7,11H2,(H,25,26)(H,27,28). The van der Waals surface area contributed by atoms with Crippen molar-refractivity contribution < 1.29 is 14.2 Å². The van der Waals surface area contributed by atoms with E-state index in [-0.39, 0.29) is 17.5 Å². The Hall–Kier alpha value is -3.87. The summed E-state index contributed by atoms with van der Waals surface area (Å²) >= 11 is 0. The highest BCUT2D eigenvalue weighted by atomic mass is 19.1. The van der Waals surface area contributed by atoms with E-state index in [4.69, 9.17) is 9.72 Å². The second kappa shape index (κ2) is 6.32. The number of benzene rings is 2. The van der Waals surface area contributed by atoms with Gasteiger partial charge in [-0.3, -0.25) is 0 Å². The molecule has 2 aromatic carbocycles. The summed E-state index contributed by atoms with van der Waals surface area (Å²) in [5, 5.41) is 10.6. The van der Waals surface area contributed by atoms with Crippen LogP contribution in [0.5, 0.6) is 11.5 Å². The number of imidazole rings is 1. The molecule has 0 saturated carbocycles. The molecule has 6 rings (SSSR count). The Morgan fingerprint density at radius 3 is 2.97 bits per heavy atom. The molecule has 6 nitrogen and oxygen atoms in total. The first-order chi connectivity index (χ1) is 14.7. The van der Waals surface area contributed by atoms with E-state index in [2.05, 4.69) is 15.0 Å². The minimum atomic E-state index is -0.318. The molecule has 5 aromatic rings. The Kier molecular flexibility index (Phi) is 3.59. The van der Waals surface area contributed by atoms with Crippen LogP contribution in [0.25, 0.3) is 33.2 Å². The Labute approximate surface area is 170 Å². The lowest BCUT2D eigenvalue weighted by Crippen LogP contribution is -2.20. The van der Waals surface area contributed by atoms with Gasteiger partial charge in [0.25, 0.3) is 0 Å². The van der Waals surface area contributed by atoms with Gasteiger partial charge in [-0.15, -0.1) is 0 Å². The minimum Gasteiger partial charge on any atom is -0.508 e. The van der Waals surface area contributed by atoms with Gasteiger partial charge in [0.15, 0.2) is 0 Å². The lowest BCUT2D eigenvalue weighted by atomic mass is 9.96. The SMILES string of the molecule is Oc1ccc2c(c1)CC(c1nc3cc(-c4ccnc5[nH]ccc45)c(F)cc3[nH]1)CO2. The number of hydrogen-bond acceptors (Lipinski definition) is 4. The highest BCUT2D eigenvalue weighted by Crippen LogP contribution is 2.36. The van der Waals surface area contributed by atoms with E-state index in [0.29, 0.717) is 29.6 Å². The quantitative estimate of drug-likeness (QED) is 0.402. The van der Waals surface area contributed by atoms with Crippen LogP contribution in [0.4, 0.5) is 4.39 Å². The van der Waals surface area contributed by atoms with Crippen LogP contribution in [0.3, 0.4) is 0 Å². The third-order valence-corrected chi connectivity index (χ3v) is 5.68. The molecule has 0 saturated heterocycles. The normalized spacial score (nSPS) is 16.0. The number of halogens is 1. The number of nitrogens with one attached hydrogen (secondary N) is 2. The van der Waals surface area contributed by atoms with Crippen molar-refractivity contribution in [1.29, 1.82) is 0 Å². The van der Waals surface area contributed by atoms with Crippen LogP contribution in [0.2, 0.25) is 0 Å². The summed E-state index contributed by atoms with van der Waals surface area (Å²) in [6.07, 6.45) is 4.15. The zero-order valence-corrected chi connectivity index (χ0v) is 15.8. The maximum absolute atomic E-state index is 15.0. The highest BCUT2D eigenvalue weighted by Gasteiger charge is 2.25. The molecule has 1 unspecified atom stereocenters. The van der Waals surface area contributed by atoms with Crippen molar-refractivity contribution in [3.63, 3.8) is 0 Å². The number of H-pyrrole nitrogens is 2. The predicted octanol–water partition coefficient (Wildman–Crippen LogP) is 4.67. The number of aromatic nitrogens is 4. The minimum absolute atomic E-state index is 0.00415. The fourth-order valence-corrected chi connectivity index (χ4v) is 4.20. The molecule has 1 aliphatic rings. The van der Waals surface area contributed by atoms with E-state index in [0.717, 1.165) is 33.7 Å². The number of phenolic OH excluding ortho intramolecular Hbond substituents is 1. The van der Waals surface area contributed by atoms with Gasteiger partial charge in [0.05, 0.1) is 23.6 Å². The first-order valence-corrected chi connectivity index (χ1v) is 9.72. The number of nitrogens with zero attached hydrogens (tertiary/aromatic N) is 2. The molecule has 30 heavy (non-hydrogen) atoms. The van der Waals surface area contributed by atoms with Crippen LogP contribution < -0.4 is 4.74 Å². The summed E-state index contributed by atoms with van der Waals surface area (Å²) in [6.45, 7) is 0.473. The summed E-state index contributed by atoms with van der Waals surface area (Å²) in [7, 11) is 0. The van der Waals surface area contributed by atoms with Crippen molar-refractivity contribution in [2.75, 3.05) is 6.61 Å². The summed E-state index contributed by atoms with van der Waals surface area (Å²) in [5.41, 5.74) is 4.26. The van der Waals surface area contributed by atoms with Crippen LogP contribution in [-0.4, -0.2) is 31.6 Å². The maximum atomic E-state index is 15.0. The third kappa shape index (κ3) is 2.62. The van der Waals surface area contributed by atoms with Gasteiger partial charge in [0.1, 0.15) is 28.8 Å². The van der Waals surface area contributed by atoms with E-state index in [1.807, 2.05) is 12.1 Å². The number of fused-ring (bicyclic) bond motifs is 3. The van der Waals surface area contributed by atoms with Gasteiger partial charge in [-0.25, -0.2) is 14.4 Å². The summed E-state index contributed by atoms with van der Waals surface area (Å²) in [5.74, 6) is 1.42. The van der Waals surface area contributed by atoms with Crippen LogP contribution >= 0.6 is 0 Å². The molecule has 1 atom stereocenters. The predicted molar refractivity (Wildman–Crippen MR) is 111 cm³/mol. The number of hydrogen-bond donors (Lipinski definition) is 3. The molecule has 7 heteroatoms. The molecular weight excluding hydrogens is 383 g/mol. The topological polar surface area (TPSA) is 86.8 Å². The molecule has 0 spiro atoms. The fraction of sp³-hybridized carbons (Fsp3) is 0.130. The molecular formula is C23H17FN4O2. The zero-order chi connectivity index (χ0) is 20.2. The van der Waals surface area contributed by atoms with Crippen LogP contribution in [-0.2, 0) is 6.42 Å². The molecule has 0 aliphatic carbocycles. The van der Waals surface area contributed by atoms with Crippen molar-refractivity contribution in [2.45, 2.75) is 12.3 Å². The first-order valence-electron chi connectivity index (χ1n) is 9.72. The van der Waals surface area contributed by atoms with Crippen molar-refractivity contribution >= 4 is 22.1 Å². The van der Waals surface area contributed by atoms with Crippen molar-refractivity contribution in [3.05, 3.63) is 72.1 Å². The van der Waals surface area contributed by atoms with Gasteiger partial charge in [0.2, 0.25) is 0 Å². The molecule has 148 valence electrons. The first kappa shape index (κ1) is 17.0. The second-order valence-electron chi connectivity index (χ2n) is 7.57. The largest absolute Gasteiger partial charge is 0.508 e. The number of aromatic hydroxyl groups is 1. The molecule has 0 bridgehead atoms. The molecule has 3 N–H and O–H groups in total. The lowest BCUT2D eigenvalue weighted by molar-refractivity contribution is 0.258. The Morgan fingerprint density at radius 2 is 2.03 bits per heavy atom. The molecule has 1 aliphatic heterocycles. The average Bonchev–Trinajstić information content (AvgIpc) is 3.39. The average molecular weight is 400 g/mol.